The molecule has 10 heteroatoms. The molecule has 0 saturated carbocycles. The van der Waals surface area contributed by atoms with Crippen LogP contribution in [-0.2, 0) is 34.1 Å². The van der Waals surface area contributed by atoms with Crippen molar-refractivity contribution in [2.24, 2.45) is 10.9 Å². The van der Waals surface area contributed by atoms with Gasteiger partial charge in [-0.2, -0.15) is 5.10 Å². The van der Waals surface area contributed by atoms with Gasteiger partial charge >= 0.3 is 0 Å². The van der Waals surface area contributed by atoms with E-state index in [9.17, 15) is 8.42 Å². The van der Waals surface area contributed by atoms with E-state index < -0.39 is 9.84 Å². The summed E-state index contributed by atoms with van der Waals surface area (Å²) in [5, 5.41) is 8.23. The molecule has 0 spiro atoms. The van der Waals surface area contributed by atoms with Gasteiger partial charge in [0.15, 0.2) is 9.84 Å². The molecule has 0 radical (unpaired) electrons. The molecule has 4 rings (SSSR count). The number of ether oxygens (including phenoxy) is 2. The molecule has 0 atom stereocenters. The first-order chi connectivity index (χ1) is 16.8. The molecule has 1 aromatic carbocycles. The summed E-state index contributed by atoms with van der Waals surface area (Å²) in [5.41, 5.74) is 4.01. The molecular weight excluding hydrogens is 466 g/mol. The number of aliphatic imine (C=N–C) groups is 1. The van der Waals surface area contributed by atoms with Gasteiger partial charge in [-0.1, -0.05) is 26.8 Å². The van der Waals surface area contributed by atoms with Crippen molar-refractivity contribution in [3.8, 4) is 5.75 Å². The molecule has 9 nitrogen and oxygen atoms in total. The zero-order valence-electron chi connectivity index (χ0n) is 20.5. The van der Waals surface area contributed by atoms with E-state index in [1.54, 1.807) is 24.4 Å². The van der Waals surface area contributed by atoms with Gasteiger partial charge in [-0.15, -0.1) is 0 Å². The van der Waals surface area contributed by atoms with Crippen LogP contribution in [0.1, 0.15) is 43.4 Å². The van der Waals surface area contributed by atoms with E-state index in [2.05, 4.69) is 36.1 Å². The topological polar surface area (TPSA) is 108 Å². The lowest BCUT2D eigenvalue weighted by Gasteiger charge is -2.19. The maximum absolute atomic E-state index is 12.3. The fourth-order valence-corrected chi connectivity index (χ4v) is 4.45. The minimum absolute atomic E-state index is 0.100. The quantitative estimate of drug-likeness (QED) is 0.506. The molecule has 2 aromatic heterocycles. The minimum atomic E-state index is -3.43. The first kappa shape index (κ1) is 24.9. The second-order valence-electron chi connectivity index (χ2n) is 8.84. The van der Waals surface area contributed by atoms with Crippen LogP contribution in [0.5, 0.6) is 5.75 Å². The minimum Gasteiger partial charge on any atom is -0.493 e. The van der Waals surface area contributed by atoms with Crippen LogP contribution < -0.4 is 10.1 Å². The van der Waals surface area contributed by atoms with Crippen LogP contribution in [0.3, 0.4) is 0 Å². The summed E-state index contributed by atoms with van der Waals surface area (Å²) < 4.78 is 38.3. The largest absolute Gasteiger partial charge is 0.493 e. The molecule has 0 saturated heterocycles. The Bertz CT molecular complexity index is 1320. The molecule has 35 heavy (non-hydrogen) atoms. The number of anilines is 1. The van der Waals surface area contributed by atoms with Crippen LogP contribution in [0.15, 0.2) is 52.5 Å². The lowest BCUT2D eigenvalue weighted by atomic mass is 10.1. The Morgan fingerprint density at radius 1 is 1.23 bits per heavy atom. The van der Waals surface area contributed by atoms with E-state index in [0.29, 0.717) is 42.8 Å². The molecule has 3 heterocycles. The van der Waals surface area contributed by atoms with Crippen molar-refractivity contribution in [2.75, 3.05) is 24.9 Å². The first-order valence-corrected chi connectivity index (χ1v) is 13.5. The van der Waals surface area contributed by atoms with Crippen LogP contribution in [0.4, 0.5) is 5.69 Å². The number of pyridine rings is 1. The molecule has 0 amide bonds. The number of sulfone groups is 1. The summed E-state index contributed by atoms with van der Waals surface area (Å²) in [5.74, 6) is 1.33. The monoisotopic (exact) mass is 497 g/mol. The highest BCUT2D eigenvalue weighted by atomic mass is 32.2. The number of amidine groups is 1. The van der Waals surface area contributed by atoms with Crippen molar-refractivity contribution < 1.29 is 17.9 Å². The van der Waals surface area contributed by atoms with Crippen molar-refractivity contribution in [3.63, 3.8) is 0 Å². The number of nitrogens with zero attached hydrogens (tertiary/aromatic N) is 4. The van der Waals surface area contributed by atoms with Crippen LogP contribution in [-0.4, -0.2) is 48.6 Å². The molecule has 0 unspecified atom stereocenters. The van der Waals surface area contributed by atoms with E-state index in [0.717, 1.165) is 29.2 Å². The number of rotatable bonds is 8. The Balaban J connectivity index is 1.76. The summed E-state index contributed by atoms with van der Waals surface area (Å²) in [6.45, 7) is 7.59. The molecule has 1 aliphatic rings. The van der Waals surface area contributed by atoms with Gasteiger partial charge in [0, 0.05) is 12.5 Å². The van der Waals surface area contributed by atoms with Crippen molar-refractivity contribution in [1.82, 2.24) is 14.8 Å². The molecule has 0 fully saturated rings. The number of nitrogens with one attached hydrogen (secondary N) is 1. The molecule has 186 valence electrons. The summed E-state index contributed by atoms with van der Waals surface area (Å²) in [4.78, 5) is 9.21. The Kier molecular flexibility index (Phi) is 7.51. The van der Waals surface area contributed by atoms with E-state index in [-0.39, 0.29) is 11.6 Å². The van der Waals surface area contributed by atoms with Crippen molar-refractivity contribution in [1.29, 1.82) is 0 Å². The van der Waals surface area contributed by atoms with Gasteiger partial charge in [-0.05, 0) is 42.7 Å². The third-order valence-corrected chi connectivity index (χ3v) is 6.62. The summed E-state index contributed by atoms with van der Waals surface area (Å²) in [6.07, 6.45) is 3.67. The second kappa shape index (κ2) is 10.6. The molecule has 1 N–H and O–H groups in total. The maximum atomic E-state index is 12.3. The second-order valence-corrected chi connectivity index (χ2v) is 10.9. The van der Waals surface area contributed by atoms with E-state index in [1.165, 1.54) is 6.26 Å². The summed E-state index contributed by atoms with van der Waals surface area (Å²) in [7, 11) is -3.43. The Morgan fingerprint density at radius 2 is 2.06 bits per heavy atom. The normalized spacial score (nSPS) is 14.0. The zero-order valence-corrected chi connectivity index (χ0v) is 21.3. The van der Waals surface area contributed by atoms with Gasteiger partial charge < -0.3 is 14.8 Å². The van der Waals surface area contributed by atoms with Crippen LogP contribution in [0, 0.1) is 5.92 Å². The molecule has 0 bridgehead atoms. The van der Waals surface area contributed by atoms with Gasteiger partial charge in [0.05, 0.1) is 47.3 Å². The highest BCUT2D eigenvalue weighted by Crippen LogP contribution is 2.29. The average molecular weight is 498 g/mol. The lowest BCUT2D eigenvalue weighted by Crippen LogP contribution is -2.21. The van der Waals surface area contributed by atoms with Gasteiger partial charge in [0.1, 0.15) is 24.0 Å². The van der Waals surface area contributed by atoms with Gasteiger partial charge in [0.25, 0.3) is 0 Å². The Morgan fingerprint density at radius 3 is 2.74 bits per heavy atom. The number of hydrogen-bond acceptors (Lipinski definition) is 8. The lowest BCUT2D eigenvalue weighted by molar-refractivity contribution is 0.125. The predicted molar refractivity (Wildman–Crippen MR) is 135 cm³/mol. The zero-order chi connectivity index (χ0) is 25.0. The third-order valence-electron chi connectivity index (χ3n) is 5.51. The SMILES string of the molecule is CCc1c2c(nn1Cc1ccccn1)COCN=C(c1cc(S(C)(=O)=O)ccc1OCC(C)C)N2. The fourth-order valence-electron chi connectivity index (χ4n) is 3.80. The summed E-state index contributed by atoms with van der Waals surface area (Å²) in [6, 6.07) is 10.6. The molecular formula is C25H31N5O4S. The van der Waals surface area contributed by atoms with Crippen molar-refractivity contribution in [3.05, 3.63) is 65.2 Å². The van der Waals surface area contributed by atoms with Crippen molar-refractivity contribution in [2.45, 2.75) is 45.2 Å². The standard InChI is InChI=1S/C25H31N5O4S/c1-5-22-24-21(29-30(22)13-18-8-6-7-11-26-18)15-33-16-27-25(28-24)20-12-19(35(4,31)32)9-10-23(20)34-14-17(2)3/h6-12,17H,5,13-16H2,1-4H3,(H,27,28). The van der Waals surface area contributed by atoms with E-state index >= 15 is 0 Å². The van der Waals surface area contributed by atoms with Gasteiger partial charge in [0.2, 0.25) is 0 Å². The number of fused-ring (bicyclic) bond motifs is 1. The summed E-state index contributed by atoms with van der Waals surface area (Å²) >= 11 is 0. The fraction of sp³-hybridized carbons (Fsp3) is 0.400. The number of hydrogen-bond donors (Lipinski definition) is 1. The van der Waals surface area contributed by atoms with Gasteiger partial charge in [-0.25, -0.2) is 13.4 Å². The van der Waals surface area contributed by atoms with Crippen LogP contribution >= 0.6 is 0 Å². The predicted octanol–water partition coefficient (Wildman–Crippen LogP) is 3.67. The Labute approximate surface area is 206 Å². The average Bonchev–Trinajstić information content (AvgIpc) is 3.12. The van der Waals surface area contributed by atoms with Gasteiger partial charge in [-0.3, -0.25) is 9.67 Å². The molecule has 3 aromatic rings. The molecule has 1 aliphatic heterocycles. The third kappa shape index (κ3) is 5.88. The highest BCUT2D eigenvalue weighted by Gasteiger charge is 2.23. The Hall–Kier alpha value is -3.24. The first-order valence-electron chi connectivity index (χ1n) is 11.6. The van der Waals surface area contributed by atoms with Crippen LogP contribution in [0.25, 0.3) is 0 Å². The smallest absolute Gasteiger partial charge is 0.175 e. The maximum Gasteiger partial charge on any atom is 0.175 e. The number of benzene rings is 1. The van der Waals surface area contributed by atoms with E-state index in [4.69, 9.17) is 14.6 Å². The van der Waals surface area contributed by atoms with E-state index in [1.807, 2.05) is 22.9 Å². The highest BCUT2D eigenvalue weighted by molar-refractivity contribution is 7.90. The number of aromatic nitrogens is 3. The van der Waals surface area contributed by atoms with Crippen molar-refractivity contribution >= 4 is 21.4 Å². The van der Waals surface area contributed by atoms with Crippen LogP contribution in [0.2, 0.25) is 0 Å². The molecule has 0 aliphatic carbocycles.